The van der Waals surface area contributed by atoms with Gasteiger partial charge in [0.1, 0.15) is 5.69 Å². The number of aromatic amines is 1. The Bertz CT molecular complexity index is 757. The van der Waals surface area contributed by atoms with Crippen LogP contribution >= 0.6 is 11.3 Å². The highest BCUT2D eigenvalue weighted by atomic mass is 32.1. The highest BCUT2D eigenvalue weighted by Gasteiger charge is 2.00. The van der Waals surface area contributed by atoms with E-state index >= 15 is 0 Å². The van der Waals surface area contributed by atoms with E-state index in [-0.39, 0.29) is 5.56 Å². The molecular weight excluding hydrogens is 244 g/mol. The first-order valence-electron chi connectivity index (χ1n) is 5.53. The van der Waals surface area contributed by atoms with Crippen LogP contribution in [-0.4, -0.2) is 9.97 Å². The molecule has 3 nitrogen and oxygen atoms in total. The number of H-pyrrole nitrogens is 1. The zero-order valence-electron chi connectivity index (χ0n) is 9.46. The monoisotopic (exact) mass is 254 g/mol. The molecule has 0 saturated heterocycles. The number of nitrogens with one attached hydrogen (secondary N) is 1. The van der Waals surface area contributed by atoms with Crippen molar-refractivity contribution in [1.82, 2.24) is 9.97 Å². The van der Waals surface area contributed by atoms with Crippen LogP contribution in [-0.2, 0) is 0 Å². The summed E-state index contributed by atoms with van der Waals surface area (Å²) in [7, 11) is 0. The smallest absolute Gasteiger partial charge is 0.274 e. The molecule has 0 atom stereocenters. The minimum Gasteiger partial charge on any atom is -0.319 e. The quantitative estimate of drug-likeness (QED) is 0.763. The number of hydrogen-bond donors (Lipinski definition) is 1. The van der Waals surface area contributed by atoms with E-state index in [1.54, 1.807) is 17.4 Å². The Balaban J connectivity index is 2.07. The van der Waals surface area contributed by atoms with Crippen molar-refractivity contribution in [2.75, 3.05) is 0 Å². The summed E-state index contributed by atoms with van der Waals surface area (Å²) in [5, 5.41) is 2.00. The lowest BCUT2D eigenvalue weighted by molar-refractivity contribution is 1.19. The largest absolute Gasteiger partial charge is 0.319 e. The summed E-state index contributed by atoms with van der Waals surface area (Å²) in [4.78, 5) is 20.1. The molecule has 2 aromatic heterocycles. The number of nitrogens with zero attached hydrogens (tertiary/aromatic N) is 1. The van der Waals surface area contributed by atoms with Crippen molar-refractivity contribution in [3.8, 4) is 0 Å². The van der Waals surface area contributed by atoms with Gasteiger partial charge in [-0.05, 0) is 35.7 Å². The minimum absolute atomic E-state index is 0.165. The lowest BCUT2D eigenvalue weighted by Crippen LogP contribution is -2.11. The Hall–Kier alpha value is -2.20. The van der Waals surface area contributed by atoms with Gasteiger partial charge in [0.2, 0.25) is 0 Å². The Kier molecular flexibility index (Phi) is 2.78. The van der Waals surface area contributed by atoms with Crippen LogP contribution in [0, 0.1) is 0 Å². The first-order chi connectivity index (χ1) is 8.83. The number of thiophene rings is 1. The molecular formula is C14H10N2OS. The molecule has 0 bridgehead atoms. The molecule has 3 rings (SSSR count). The second kappa shape index (κ2) is 4.58. The number of hydrogen-bond acceptors (Lipinski definition) is 3. The van der Waals surface area contributed by atoms with Crippen molar-refractivity contribution in [3.63, 3.8) is 0 Å². The number of benzene rings is 1. The van der Waals surface area contributed by atoms with Gasteiger partial charge in [-0.25, -0.2) is 4.98 Å². The predicted molar refractivity (Wildman–Crippen MR) is 75.6 cm³/mol. The molecule has 0 saturated carbocycles. The van der Waals surface area contributed by atoms with Crippen LogP contribution in [0.1, 0.15) is 10.6 Å². The average molecular weight is 254 g/mol. The topological polar surface area (TPSA) is 45.8 Å². The fourth-order valence-corrected chi connectivity index (χ4v) is 2.32. The van der Waals surface area contributed by atoms with Crippen molar-refractivity contribution >= 4 is 34.5 Å². The lowest BCUT2D eigenvalue weighted by atomic mass is 10.3. The molecule has 88 valence electrons. The van der Waals surface area contributed by atoms with Gasteiger partial charge in [0.25, 0.3) is 5.56 Å². The van der Waals surface area contributed by atoms with E-state index in [1.807, 2.05) is 47.9 Å². The standard InChI is InChI=1S/C14H10N2OS/c17-14-13(8-7-10-4-3-9-18-10)15-11-5-1-2-6-12(11)16-14/h1-9H,(H,16,17)/b8-7-. The molecule has 18 heavy (non-hydrogen) atoms. The fourth-order valence-electron chi connectivity index (χ4n) is 1.70. The maximum Gasteiger partial charge on any atom is 0.274 e. The number of aromatic nitrogens is 2. The van der Waals surface area contributed by atoms with Gasteiger partial charge in [0.05, 0.1) is 11.0 Å². The highest BCUT2D eigenvalue weighted by molar-refractivity contribution is 7.10. The van der Waals surface area contributed by atoms with Crippen molar-refractivity contribution < 1.29 is 0 Å². The molecule has 1 aromatic carbocycles. The van der Waals surface area contributed by atoms with Gasteiger partial charge in [0.15, 0.2) is 0 Å². The Morgan fingerprint density at radius 1 is 1.11 bits per heavy atom. The van der Waals surface area contributed by atoms with E-state index in [9.17, 15) is 4.79 Å². The molecule has 3 aromatic rings. The zero-order chi connectivity index (χ0) is 12.4. The molecule has 2 heterocycles. The van der Waals surface area contributed by atoms with Gasteiger partial charge in [-0.3, -0.25) is 4.79 Å². The van der Waals surface area contributed by atoms with Crippen molar-refractivity contribution in [2.45, 2.75) is 0 Å². The fraction of sp³-hybridized carbons (Fsp3) is 0. The third-order valence-corrected chi connectivity index (χ3v) is 3.41. The Morgan fingerprint density at radius 3 is 2.83 bits per heavy atom. The first kappa shape index (κ1) is 10.9. The summed E-state index contributed by atoms with van der Waals surface area (Å²) in [6, 6.07) is 11.5. The van der Waals surface area contributed by atoms with Crippen molar-refractivity contribution in [3.05, 3.63) is 62.7 Å². The molecule has 0 radical (unpaired) electrons. The lowest BCUT2D eigenvalue weighted by Gasteiger charge is -1.97. The molecule has 0 spiro atoms. The summed E-state index contributed by atoms with van der Waals surface area (Å²) >= 11 is 1.62. The third kappa shape index (κ3) is 2.10. The predicted octanol–water partition coefficient (Wildman–Crippen LogP) is 3.16. The summed E-state index contributed by atoms with van der Waals surface area (Å²) in [5.74, 6) is 0. The second-order valence-electron chi connectivity index (χ2n) is 3.82. The van der Waals surface area contributed by atoms with E-state index in [1.165, 1.54) is 0 Å². The molecule has 0 fully saturated rings. The summed E-state index contributed by atoms with van der Waals surface area (Å²) < 4.78 is 0. The number of fused-ring (bicyclic) bond motifs is 1. The molecule has 4 heteroatoms. The van der Waals surface area contributed by atoms with Crippen LogP contribution in [0.15, 0.2) is 46.6 Å². The number of rotatable bonds is 2. The molecule has 0 aliphatic heterocycles. The summed E-state index contributed by atoms with van der Waals surface area (Å²) in [6.07, 6.45) is 3.65. The minimum atomic E-state index is -0.165. The SMILES string of the molecule is O=c1[nH]c2ccccc2nc1/C=C\c1cccs1. The second-order valence-corrected chi connectivity index (χ2v) is 4.80. The van der Waals surface area contributed by atoms with E-state index in [0.717, 1.165) is 15.9 Å². The van der Waals surface area contributed by atoms with Crippen LogP contribution in [0.3, 0.4) is 0 Å². The van der Waals surface area contributed by atoms with Crippen LogP contribution in [0.25, 0.3) is 23.2 Å². The number of para-hydroxylation sites is 2. The van der Waals surface area contributed by atoms with Gasteiger partial charge in [0, 0.05) is 4.88 Å². The highest BCUT2D eigenvalue weighted by Crippen LogP contribution is 2.12. The van der Waals surface area contributed by atoms with E-state index in [0.29, 0.717) is 5.69 Å². The maximum atomic E-state index is 11.8. The van der Waals surface area contributed by atoms with Crippen LogP contribution in [0.4, 0.5) is 0 Å². The molecule has 0 aliphatic carbocycles. The van der Waals surface area contributed by atoms with Gasteiger partial charge in [-0.15, -0.1) is 11.3 Å². The van der Waals surface area contributed by atoms with Crippen LogP contribution in [0.2, 0.25) is 0 Å². The summed E-state index contributed by atoms with van der Waals surface area (Å²) in [5.41, 5.74) is 1.82. The van der Waals surface area contributed by atoms with Gasteiger partial charge >= 0.3 is 0 Å². The van der Waals surface area contributed by atoms with E-state index in [2.05, 4.69) is 9.97 Å². The summed E-state index contributed by atoms with van der Waals surface area (Å²) in [6.45, 7) is 0. The molecule has 0 amide bonds. The zero-order valence-corrected chi connectivity index (χ0v) is 10.3. The molecule has 0 aliphatic rings. The van der Waals surface area contributed by atoms with Crippen LogP contribution in [0.5, 0.6) is 0 Å². The maximum absolute atomic E-state index is 11.8. The normalized spacial score (nSPS) is 11.3. The van der Waals surface area contributed by atoms with Gasteiger partial charge in [-0.2, -0.15) is 0 Å². The Labute approximate surface area is 107 Å². The third-order valence-electron chi connectivity index (χ3n) is 2.57. The average Bonchev–Trinajstić information content (AvgIpc) is 2.89. The first-order valence-corrected chi connectivity index (χ1v) is 6.41. The van der Waals surface area contributed by atoms with E-state index in [4.69, 9.17) is 0 Å². The van der Waals surface area contributed by atoms with Crippen molar-refractivity contribution in [1.29, 1.82) is 0 Å². The van der Waals surface area contributed by atoms with Gasteiger partial charge < -0.3 is 4.98 Å². The Morgan fingerprint density at radius 2 is 2.00 bits per heavy atom. The van der Waals surface area contributed by atoms with Crippen LogP contribution < -0.4 is 5.56 Å². The molecule has 0 unspecified atom stereocenters. The molecule has 1 N–H and O–H groups in total. The van der Waals surface area contributed by atoms with E-state index < -0.39 is 0 Å². The van der Waals surface area contributed by atoms with Crippen molar-refractivity contribution in [2.24, 2.45) is 0 Å². The van der Waals surface area contributed by atoms with Gasteiger partial charge in [-0.1, -0.05) is 18.2 Å².